The van der Waals surface area contributed by atoms with Gasteiger partial charge in [0.15, 0.2) is 0 Å². The highest BCUT2D eigenvalue weighted by atomic mass is 16.6. The number of hydrogen-bond acceptors (Lipinski definition) is 7. The zero-order chi connectivity index (χ0) is 24.1. The summed E-state index contributed by atoms with van der Waals surface area (Å²) in [5.74, 6) is 1.34. The van der Waals surface area contributed by atoms with Gasteiger partial charge in [0, 0.05) is 23.7 Å². The maximum Gasteiger partial charge on any atom is 0.417 e. The summed E-state index contributed by atoms with van der Waals surface area (Å²) >= 11 is 0. The molecule has 4 rings (SSSR count). The van der Waals surface area contributed by atoms with Crippen molar-refractivity contribution in [3.63, 3.8) is 0 Å². The Kier molecular flexibility index (Phi) is 6.45. The second kappa shape index (κ2) is 9.78. The number of carbonyl (C=O) groups excluding carboxylic acids is 2. The fourth-order valence-corrected chi connectivity index (χ4v) is 3.30. The topological polar surface area (TPSA) is 122 Å². The molecular weight excluding hydrogens is 438 g/mol. The van der Waals surface area contributed by atoms with Crippen LogP contribution in [0.5, 0.6) is 28.7 Å². The van der Waals surface area contributed by atoms with Crippen LogP contribution in [0.25, 0.3) is 10.9 Å². The summed E-state index contributed by atoms with van der Waals surface area (Å²) in [6.45, 7) is 0. The van der Waals surface area contributed by atoms with Crippen molar-refractivity contribution in [2.75, 3.05) is 19.5 Å². The molecule has 0 aliphatic carbocycles. The molecule has 0 fully saturated rings. The Bertz CT molecular complexity index is 1360. The van der Waals surface area contributed by atoms with Crippen LogP contribution in [0.4, 0.5) is 10.5 Å². The Hall–Kier alpha value is -4.79. The summed E-state index contributed by atoms with van der Waals surface area (Å²) in [7, 11) is 2.92. The van der Waals surface area contributed by atoms with Gasteiger partial charge in [-0.1, -0.05) is 18.2 Å². The zero-order valence-electron chi connectivity index (χ0n) is 18.4. The van der Waals surface area contributed by atoms with Gasteiger partial charge in [0.05, 0.1) is 31.0 Å². The van der Waals surface area contributed by atoms with E-state index in [1.165, 1.54) is 14.2 Å². The van der Waals surface area contributed by atoms with Crippen LogP contribution >= 0.6 is 0 Å². The SMILES string of the molecule is COc1cc(Oc2ccnc3cc(OC)c(C(N)=O)cc23)ccc1NC(=O)Oc1ccccc1. The van der Waals surface area contributed by atoms with Crippen LogP contribution < -0.4 is 30.0 Å². The van der Waals surface area contributed by atoms with Gasteiger partial charge >= 0.3 is 6.09 Å². The molecule has 3 N–H and O–H groups in total. The van der Waals surface area contributed by atoms with Crippen molar-refractivity contribution in [3.05, 3.63) is 78.5 Å². The van der Waals surface area contributed by atoms with Crippen molar-refractivity contribution < 1.29 is 28.5 Å². The second-order valence-electron chi connectivity index (χ2n) is 7.03. The Morgan fingerprint density at radius 3 is 2.32 bits per heavy atom. The Labute approximate surface area is 195 Å². The highest BCUT2D eigenvalue weighted by molar-refractivity contribution is 6.01. The molecule has 0 aliphatic heterocycles. The maximum atomic E-state index is 12.2. The van der Waals surface area contributed by atoms with Crippen molar-refractivity contribution >= 4 is 28.6 Å². The number of amides is 2. The number of anilines is 1. The molecule has 34 heavy (non-hydrogen) atoms. The van der Waals surface area contributed by atoms with Crippen molar-refractivity contribution in [1.29, 1.82) is 0 Å². The Morgan fingerprint density at radius 2 is 1.62 bits per heavy atom. The number of carbonyl (C=O) groups is 2. The number of benzene rings is 3. The first-order chi connectivity index (χ1) is 16.5. The number of methoxy groups -OCH3 is 2. The number of pyridine rings is 1. The van der Waals surface area contributed by atoms with Gasteiger partial charge in [0.1, 0.15) is 28.7 Å². The predicted octanol–water partition coefficient (Wildman–Crippen LogP) is 4.75. The van der Waals surface area contributed by atoms with E-state index in [0.717, 1.165) is 0 Å². The average Bonchev–Trinajstić information content (AvgIpc) is 2.84. The third-order valence-corrected chi connectivity index (χ3v) is 4.88. The van der Waals surface area contributed by atoms with E-state index in [0.29, 0.717) is 45.3 Å². The number of primary amides is 1. The molecule has 9 heteroatoms. The normalized spacial score (nSPS) is 10.4. The van der Waals surface area contributed by atoms with Gasteiger partial charge < -0.3 is 24.7 Å². The summed E-state index contributed by atoms with van der Waals surface area (Å²) < 4.78 is 21.9. The number of para-hydroxylation sites is 1. The molecule has 172 valence electrons. The average molecular weight is 459 g/mol. The van der Waals surface area contributed by atoms with E-state index in [1.807, 2.05) is 6.07 Å². The summed E-state index contributed by atoms with van der Waals surface area (Å²) in [5, 5.41) is 3.22. The maximum absolute atomic E-state index is 12.2. The number of fused-ring (bicyclic) bond motifs is 1. The summed E-state index contributed by atoms with van der Waals surface area (Å²) in [4.78, 5) is 28.4. The molecule has 0 saturated carbocycles. The zero-order valence-corrected chi connectivity index (χ0v) is 18.4. The fraction of sp³-hybridized carbons (Fsp3) is 0.0800. The fourth-order valence-electron chi connectivity index (χ4n) is 3.30. The number of nitrogens with two attached hydrogens (primary N) is 1. The van der Waals surface area contributed by atoms with Crippen LogP contribution in [0.2, 0.25) is 0 Å². The Balaban J connectivity index is 1.59. The van der Waals surface area contributed by atoms with E-state index in [-0.39, 0.29) is 5.56 Å². The highest BCUT2D eigenvalue weighted by Crippen LogP contribution is 2.36. The van der Waals surface area contributed by atoms with E-state index in [1.54, 1.807) is 66.9 Å². The van der Waals surface area contributed by atoms with Crippen LogP contribution in [-0.4, -0.2) is 31.2 Å². The van der Waals surface area contributed by atoms with Crippen LogP contribution in [0.3, 0.4) is 0 Å². The molecule has 1 aromatic heterocycles. The van der Waals surface area contributed by atoms with Crippen LogP contribution in [-0.2, 0) is 0 Å². The monoisotopic (exact) mass is 459 g/mol. The van der Waals surface area contributed by atoms with Crippen LogP contribution in [0.1, 0.15) is 10.4 Å². The molecule has 0 aliphatic rings. The first-order valence-electron chi connectivity index (χ1n) is 10.1. The third kappa shape index (κ3) is 4.83. The molecule has 0 atom stereocenters. The lowest BCUT2D eigenvalue weighted by Crippen LogP contribution is -2.17. The number of nitrogens with one attached hydrogen (secondary N) is 1. The number of nitrogens with zero attached hydrogens (tertiary/aromatic N) is 1. The van der Waals surface area contributed by atoms with E-state index in [2.05, 4.69) is 10.3 Å². The standard InChI is InChI=1S/C25H21N3O6/c1-31-22-14-20-17(13-18(22)24(26)29)21(10-11-27-20)33-16-8-9-19(23(12-16)32-2)28-25(30)34-15-6-4-3-5-7-15/h3-14H,1-2H3,(H2,26,29)(H,28,30). The molecule has 0 bridgehead atoms. The molecule has 3 aromatic carbocycles. The van der Waals surface area contributed by atoms with E-state index >= 15 is 0 Å². The molecule has 2 amide bonds. The molecule has 0 unspecified atom stereocenters. The number of aromatic nitrogens is 1. The minimum absolute atomic E-state index is 0.210. The quantitative estimate of drug-likeness (QED) is 0.409. The van der Waals surface area contributed by atoms with Gasteiger partial charge in [-0.25, -0.2) is 4.79 Å². The number of rotatable bonds is 7. The van der Waals surface area contributed by atoms with Gasteiger partial charge in [-0.2, -0.15) is 0 Å². The molecule has 1 heterocycles. The molecular formula is C25H21N3O6. The largest absolute Gasteiger partial charge is 0.496 e. The third-order valence-electron chi connectivity index (χ3n) is 4.88. The number of hydrogen-bond donors (Lipinski definition) is 2. The van der Waals surface area contributed by atoms with Crippen LogP contribution in [0.15, 0.2) is 72.9 Å². The van der Waals surface area contributed by atoms with Gasteiger partial charge in [-0.3, -0.25) is 15.1 Å². The van der Waals surface area contributed by atoms with Gasteiger partial charge in [-0.05, 0) is 36.4 Å². The van der Waals surface area contributed by atoms with Crippen molar-refractivity contribution in [3.8, 4) is 28.7 Å². The van der Waals surface area contributed by atoms with Crippen molar-refractivity contribution in [2.24, 2.45) is 5.73 Å². The highest BCUT2D eigenvalue weighted by Gasteiger charge is 2.16. The first kappa shape index (κ1) is 22.4. The molecule has 0 spiro atoms. The molecule has 4 aromatic rings. The van der Waals surface area contributed by atoms with Gasteiger partial charge in [0.2, 0.25) is 0 Å². The van der Waals surface area contributed by atoms with Gasteiger partial charge in [-0.15, -0.1) is 0 Å². The molecule has 9 nitrogen and oxygen atoms in total. The van der Waals surface area contributed by atoms with E-state index in [9.17, 15) is 9.59 Å². The Morgan fingerprint density at radius 1 is 0.853 bits per heavy atom. The van der Waals surface area contributed by atoms with Crippen molar-refractivity contribution in [2.45, 2.75) is 0 Å². The van der Waals surface area contributed by atoms with Crippen molar-refractivity contribution in [1.82, 2.24) is 4.98 Å². The van der Waals surface area contributed by atoms with Crippen LogP contribution in [0, 0.1) is 0 Å². The molecule has 0 radical (unpaired) electrons. The summed E-state index contributed by atoms with van der Waals surface area (Å²) in [6, 6.07) is 18.5. The predicted molar refractivity (Wildman–Crippen MR) is 126 cm³/mol. The smallest absolute Gasteiger partial charge is 0.417 e. The minimum atomic E-state index is -0.661. The van der Waals surface area contributed by atoms with Gasteiger partial charge in [0.25, 0.3) is 5.91 Å². The summed E-state index contributed by atoms with van der Waals surface area (Å²) in [6.07, 6.45) is 0.916. The second-order valence-corrected chi connectivity index (χ2v) is 7.03. The number of ether oxygens (including phenoxy) is 4. The lowest BCUT2D eigenvalue weighted by molar-refractivity contribution is 0.0997. The lowest BCUT2D eigenvalue weighted by atomic mass is 10.1. The van der Waals surface area contributed by atoms with E-state index in [4.69, 9.17) is 24.7 Å². The lowest BCUT2D eigenvalue weighted by Gasteiger charge is -2.14. The summed E-state index contributed by atoms with van der Waals surface area (Å²) in [5.41, 5.74) is 6.66. The van der Waals surface area contributed by atoms with E-state index < -0.39 is 12.0 Å². The first-order valence-corrected chi connectivity index (χ1v) is 10.1. The minimum Gasteiger partial charge on any atom is -0.496 e. The molecule has 0 saturated heterocycles.